The lowest BCUT2D eigenvalue weighted by molar-refractivity contribution is -0.438. The molecule has 0 unspecified atom stereocenters. The molecule has 0 aromatic heterocycles. The largest absolute Gasteiger partial charge is 0.344 e. The van der Waals surface area contributed by atoms with E-state index in [1.54, 1.807) is 0 Å². The maximum atomic E-state index is 2.56. The Morgan fingerprint density at radius 2 is 1.13 bits per heavy atom. The summed E-state index contributed by atoms with van der Waals surface area (Å²) in [6, 6.07) is 55.5. The molecule has 0 bridgehead atoms. The summed E-state index contributed by atoms with van der Waals surface area (Å²) in [4.78, 5) is 2.51. The van der Waals surface area contributed by atoms with Crippen LogP contribution in [0, 0.1) is 0 Å². The van der Waals surface area contributed by atoms with E-state index in [9.17, 15) is 0 Å². The van der Waals surface area contributed by atoms with Crippen LogP contribution in [0.25, 0.3) is 10.8 Å². The van der Waals surface area contributed by atoms with Gasteiger partial charge in [0.05, 0.1) is 11.6 Å². The SMILES string of the molecule is CCCC[B-](c1ccccc1)(c1ccccc1)c1ccccc1.CCCC[N+]1=C(/C=C/C=C/C=C2\N(CCC)c3ccccc3C2(C)C)C(C)(C)c2c1ccc1ccccc21. The van der Waals surface area contributed by atoms with Gasteiger partial charge in [-0.2, -0.15) is 27.3 Å². The van der Waals surface area contributed by atoms with Gasteiger partial charge in [-0.3, -0.25) is 0 Å². The van der Waals surface area contributed by atoms with E-state index < -0.39 is 6.15 Å². The van der Waals surface area contributed by atoms with Crippen molar-refractivity contribution in [3.8, 4) is 0 Å². The standard InChI is InChI=1S/C36H43N2.C22H24B/c1-7-9-26-38-31-24-23-27-17-13-14-18-28(27)34(31)36(5,6)33(38)22-12-10-11-21-32-35(3,4)29-19-15-16-20-30(29)37(32)25-8-2;1-2-3-19-23(20-13-7-4-8-14-20,21-15-9-5-10-16-21)22-17-11-6-12-18-22/h10-24H,7-9,25-26H2,1-6H3;4-18H,2-3,19H2,1H3/q+1;-1. The van der Waals surface area contributed by atoms with Crippen LogP contribution in [-0.4, -0.2) is 29.5 Å². The molecule has 6 aromatic carbocycles. The molecule has 0 N–H and O–H groups in total. The number of hydrogen-bond donors (Lipinski definition) is 0. The molecule has 2 aliphatic rings. The summed E-state index contributed by atoms with van der Waals surface area (Å²) in [7, 11) is 0. The van der Waals surface area contributed by atoms with Gasteiger partial charge in [-0.15, -0.1) is 0 Å². The molecule has 8 rings (SSSR count). The second-order valence-corrected chi connectivity index (χ2v) is 18.2. The Bertz CT molecular complexity index is 2410. The van der Waals surface area contributed by atoms with Crippen LogP contribution < -0.4 is 21.3 Å². The first-order valence-electron chi connectivity index (χ1n) is 23.1. The Labute approximate surface area is 368 Å². The van der Waals surface area contributed by atoms with E-state index in [1.165, 1.54) is 93.1 Å². The lowest BCUT2D eigenvalue weighted by atomic mass is 9.14. The van der Waals surface area contributed by atoms with E-state index in [4.69, 9.17) is 0 Å². The van der Waals surface area contributed by atoms with E-state index in [1.807, 2.05) is 0 Å². The van der Waals surface area contributed by atoms with Crippen LogP contribution in [0.5, 0.6) is 0 Å². The first kappa shape index (κ1) is 43.4. The van der Waals surface area contributed by atoms with Crippen LogP contribution in [-0.2, 0) is 10.8 Å². The molecule has 2 nitrogen and oxygen atoms in total. The van der Waals surface area contributed by atoms with Crippen molar-refractivity contribution in [3.05, 3.63) is 199 Å². The third-order valence-electron chi connectivity index (χ3n) is 13.6. The third-order valence-corrected chi connectivity index (χ3v) is 13.6. The zero-order valence-corrected chi connectivity index (χ0v) is 37.9. The summed E-state index contributed by atoms with van der Waals surface area (Å²) < 4.78 is 2.56. The van der Waals surface area contributed by atoms with Crippen LogP contribution in [0.3, 0.4) is 0 Å². The van der Waals surface area contributed by atoms with Crippen molar-refractivity contribution in [1.82, 2.24) is 0 Å². The monoisotopic (exact) mass is 803 g/mol. The normalized spacial score (nSPS) is 16.0. The molecule has 0 atom stereocenters. The number of benzene rings is 6. The van der Waals surface area contributed by atoms with Crippen LogP contribution in [0.2, 0.25) is 6.32 Å². The highest BCUT2D eigenvalue weighted by molar-refractivity contribution is 7.11. The molecule has 0 fully saturated rings. The minimum Gasteiger partial charge on any atom is -0.344 e. The molecule has 0 radical (unpaired) electrons. The number of unbranched alkanes of at least 4 members (excludes halogenated alkanes) is 2. The van der Waals surface area contributed by atoms with Crippen molar-refractivity contribution in [1.29, 1.82) is 0 Å². The minimum atomic E-state index is -0.913. The van der Waals surface area contributed by atoms with Crippen molar-refractivity contribution in [3.63, 3.8) is 0 Å². The summed E-state index contributed by atoms with van der Waals surface area (Å²) in [5, 5.41) is 2.70. The van der Waals surface area contributed by atoms with Crippen LogP contribution in [0.1, 0.15) is 91.7 Å². The fourth-order valence-electron chi connectivity index (χ4n) is 10.5. The summed E-state index contributed by atoms with van der Waals surface area (Å²) in [5.74, 6) is 0. The van der Waals surface area contributed by atoms with E-state index >= 15 is 0 Å². The summed E-state index contributed by atoms with van der Waals surface area (Å²) >= 11 is 0. The second kappa shape index (κ2) is 19.4. The number of para-hydroxylation sites is 1. The van der Waals surface area contributed by atoms with Gasteiger partial charge in [-0.25, -0.2) is 0 Å². The molecule has 0 amide bonds. The number of fused-ring (bicyclic) bond motifs is 4. The van der Waals surface area contributed by atoms with Crippen molar-refractivity contribution in [2.24, 2.45) is 0 Å². The lowest BCUT2D eigenvalue weighted by Gasteiger charge is -2.43. The van der Waals surface area contributed by atoms with Gasteiger partial charge < -0.3 is 4.90 Å². The Balaban J connectivity index is 0.000000208. The molecular formula is C58H67BN2. The second-order valence-electron chi connectivity index (χ2n) is 18.2. The molecule has 6 aromatic rings. The average Bonchev–Trinajstić information content (AvgIpc) is 3.65. The van der Waals surface area contributed by atoms with Gasteiger partial charge in [0.2, 0.25) is 5.69 Å². The highest BCUT2D eigenvalue weighted by atomic mass is 15.2. The van der Waals surface area contributed by atoms with Gasteiger partial charge in [0.1, 0.15) is 6.54 Å². The third kappa shape index (κ3) is 8.63. The number of anilines is 1. The molecule has 0 spiro atoms. The van der Waals surface area contributed by atoms with Crippen molar-refractivity contribution >= 4 is 50.4 Å². The summed E-state index contributed by atoms with van der Waals surface area (Å²) in [6.45, 7) is 18.4. The van der Waals surface area contributed by atoms with E-state index in [0.29, 0.717) is 0 Å². The zero-order chi connectivity index (χ0) is 42.9. The number of hydrogen-bond acceptors (Lipinski definition) is 1. The Morgan fingerprint density at radius 1 is 0.557 bits per heavy atom. The van der Waals surface area contributed by atoms with Crippen LogP contribution >= 0.6 is 0 Å². The first-order chi connectivity index (χ1) is 29.7. The first-order valence-corrected chi connectivity index (χ1v) is 23.1. The average molecular weight is 803 g/mol. The van der Waals surface area contributed by atoms with Gasteiger partial charge in [-0.1, -0.05) is 206 Å². The molecule has 312 valence electrons. The highest BCUT2D eigenvalue weighted by Gasteiger charge is 2.45. The fraction of sp³-hybridized carbons (Fsp3) is 0.293. The highest BCUT2D eigenvalue weighted by Crippen LogP contribution is 2.48. The molecule has 3 heteroatoms. The molecule has 2 aliphatic heterocycles. The molecule has 0 saturated heterocycles. The topological polar surface area (TPSA) is 6.25 Å². The summed E-state index contributed by atoms with van der Waals surface area (Å²) in [6.07, 6.45) is 17.6. The molecule has 2 heterocycles. The van der Waals surface area contributed by atoms with Gasteiger partial charge in [0.15, 0.2) is 5.71 Å². The van der Waals surface area contributed by atoms with E-state index in [2.05, 4.69) is 240 Å². The predicted octanol–water partition coefficient (Wildman–Crippen LogP) is 13.2. The minimum absolute atomic E-state index is 0.00165. The van der Waals surface area contributed by atoms with Crippen LogP contribution in [0.4, 0.5) is 11.4 Å². The number of allylic oxidation sites excluding steroid dienone is 6. The Hall–Kier alpha value is -5.67. The van der Waals surface area contributed by atoms with Gasteiger partial charge >= 0.3 is 0 Å². The number of nitrogens with zero attached hydrogens (tertiary/aromatic N) is 2. The van der Waals surface area contributed by atoms with Gasteiger partial charge in [0.25, 0.3) is 0 Å². The Kier molecular flexibility index (Phi) is 13.8. The molecule has 0 aliphatic carbocycles. The number of rotatable bonds is 14. The Morgan fingerprint density at radius 3 is 1.74 bits per heavy atom. The molecule has 0 saturated carbocycles. The maximum Gasteiger partial charge on any atom is 0.210 e. The molecular weight excluding hydrogens is 735 g/mol. The zero-order valence-electron chi connectivity index (χ0n) is 37.9. The van der Waals surface area contributed by atoms with Gasteiger partial charge in [-0.05, 0) is 54.8 Å². The van der Waals surface area contributed by atoms with E-state index in [-0.39, 0.29) is 10.8 Å². The summed E-state index contributed by atoms with van der Waals surface area (Å²) in [5.41, 5.74) is 12.6. The maximum absolute atomic E-state index is 2.56. The van der Waals surface area contributed by atoms with E-state index in [0.717, 1.165) is 19.5 Å². The fourth-order valence-corrected chi connectivity index (χ4v) is 10.5. The smallest absolute Gasteiger partial charge is 0.210 e. The van der Waals surface area contributed by atoms with Crippen molar-refractivity contribution in [2.75, 3.05) is 18.0 Å². The quantitative estimate of drug-likeness (QED) is 0.0604. The van der Waals surface area contributed by atoms with Crippen LogP contribution in [0.15, 0.2) is 188 Å². The van der Waals surface area contributed by atoms with Gasteiger partial charge in [0, 0.05) is 47.5 Å². The molecule has 61 heavy (non-hydrogen) atoms. The lowest BCUT2D eigenvalue weighted by Crippen LogP contribution is -2.66. The van der Waals surface area contributed by atoms with Crippen molar-refractivity contribution in [2.45, 2.75) is 97.7 Å². The predicted molar refractivity (Wildman–Crippen MR) is 269 cm³/mol. The van der Waals surface area contributed by atoms with Crippen molar-refractivity contribution < 1.29 is 4.58 Å².